The minimum Gasteiger partial charge on any atom is -0.481 e. The predicted octanol–water partition coefficient (Wildman–Crippen LogP) is 5.05. The maximum absolute atomic E-state index is 13.0. The Morgan fingerprint density at radius 3 is 2.67 bits per heavy atom. The van der Waals surface area contributed by atoms with Crippen molar-refractivity contribution in [1.29, 1.82) is 0 Å². The fourth-order valence-electron chi connectivity index (χ4n) is 5.08. The van der Waals surface area contributed by atoms with Crippen LogP contribution in [-0.4, -0.2) is 41.5 Å². The number of hydrogen-bond donors (Lipinski definition) is 3. The van der Waals surface area contributed by atoms with E-state index in [-0.39, 0.29) is 12.5 Å². The highest BCUT2D eigenvalue weighted by Gasteiger charge is 2.47. The molecule has 36 heavy (non-hydrogen) atoms. The van der Waals surface area contributed by atoms with Crippen molar-refractivity contribution in [2.75, 3.05) is 5.32 Å². The number of aliphatic carboxylic acids is 1. The highest BCUT2D eigenvalue weighted by molar-refractivity contribution is 5.71. The molecule has 0 bridgehead atoms. The van der Waals surface area contributed by atoms with E-state index < -0.39 is 34.8 Å². The fraction of sp³-hybridized carbons (Fsp3) is 0.440. The number of aromatic nitrogens is 4. The molecule has 2 heterocycles. The summed E-state index contributed by atoms with van der Waals surface area (Å²) in [5.74, 6) is -1.52. The van der Waals surface area contributed by atoms with Crippen molar-refractivity contribution in [2.45, 2.75) is 58.4 Å². The Bertz CT molecular complexity index is 1270. The molecule has 2 atom stereocenters. The Hall–Kier alpha value is -3.47. The summed E-state index contributed by atoms with van der Waals surface area (Å²) in [7, 11) is 0. The van der Waals surface area contributed by atoms with E-state index >= 15 is 0 Å². The van der Waals surface area contributed by atoms with Crippen LogP contribution in [-0.2, 0) is 17.5 Å². The Morgan fingerprint density at radius 1 is 1.25 bits per heavy atom. The molecule has 1 fully saturated rings. The van der Waals surface area contributed by atoms with Crippen LogP contribution in [0.5, 0.6) is 0 Å². The van der Waals surface area contributed by atoms with Crippen molar-refractivity contribution in [2.24, 2.45) is 11.3 Å². The number of carboxylic acids is 1. The molecule has 8 nitrogen and oxygen atoms in total. The minimum absolute atomic E-state index is 0.168. The summed E-state index contributed by atoms with van der Waals surface area (Å²) >= 11 is 0. The summed E-state index contributed by atoms with van der Waals surface area (Å²) < 4.78 is 40.6. The lowest BCUT2D eigenvalue weighted by Gasteiger charge is -2.45. The largest absolute Gasteiger partial charge is 0.481 e. The molecule has 11 heteroatoms. The van der Waals surface area contributed by atoms with Gasteiger partial charge in [-0.1, -0.05) is 19.9 Å². The maximum Gasteiger partial charge on any atom is 0.433 e. The lowest BCUT2D eigenvalue weighted by molar-refractivity contribution is -0.154. The Kier molecular flexibility index (Phi) is 6.54. The average Bonchev–Trinajstić information content (AvgIpc) is 3.19. The smallest absolute Gasteiger partial charge is 0.433 e. The average molecular weight is 504 g/mol. The monoisotopic (exact) mass is 503 g/mol. The molecule has 0 aliphatic heterocycles. The van der Waals surface area contributed by atoms with Gasteiger partial charge in [0.05, 0.1) is 24.3 Å². The van der Waals surface area contributed by atoms with Crippen molar-refractivity contribution in [3.05, 3.63) is 54.1 Å². The molecule has 1 aliphatic rings. The van der Waals surface area contributed by atoms with Crippen molar-refractivity contribution in [3.63, 3.8) is 0 Å². The number of nitrogens with zero attached hydrogens (tertiary/aromatic N) is 4. The standard InChI is InChI=1S/C25H28F3N5O3/c1-15-8-16(10-18(9-15)31-22-29-7-5-20(32-22)25(26,27)28)17-11-30-33(12-17)14-24(36)6-4-19(21(34)35)23(2,3)13-24/h5,7-12,19,36H,4,6,13-14H2,1-3H3,(H,34,35)(H,29,31,32). The second kappa shape index (κ2) is 9.20. The second-order valence-electron chi connectivity index (χ2n) is 10.2. The lowest BCUT2D eigenvalue weighted by atomic mass is 9.63. The molecule has 0 spiro atoms. The molecule has 1 aromatic carbocycles. The van der Waals surface area contributed by atoms with Crippen molar-refractivity contribution >= 4 is 17.6 Å². The number of rotatable bonds is 6. The molecule has 0 radical (unpaired) electrons. The van der Waals surface area contributed by atoms with Crippen LogP contribution in [0.15, 0.2) is 42.9 Å². The van der Waals surface area contributed by atoms with Crippen molar-refractivity contribution in [3.8, 4) is 11.1 Å². The number of aryl methyl sites for hydroxylation is 1. The van der Waals surface area contributed by atoms with E-state index in [0.29, 0.717) is 24.9 Å². The van der Waals surface area contributed by atoms with Gasteiger partial charge >= 0.3 is 12.1 Å². The molecular weight excluding hydrogens is 475 g/mol. The minimum atomic E-state index is -4.57. The summed E-state index contributed by atoms with van der Waals surface area (Å²) in [5, 5.41) is 27.9. The molecule has 3 N–H and O–H groups in total. The van der Waals surface area contributed by atoms with E-state index in [1.165, 1.54) is 0 Å². The SMILES string of the molecule is Cc1cc(Nc2nccc(C(F)(F)F)n2)cc(-c2cnn(CC3(O)CCC(C(=O)O)C(C)(C)C3)c2)c1. The van der Waals surface area contributed by atoms with Gasteiger partial charge in [-0.05, 0) is 60.9 Å². The van der Waals surface area contributed by atoms with Gasteiger partial charge < -0.3 is 15.5 Å². The van der Waals surface area contributed by atoms with Crippen molar-refractivity contribution in [1.82, 2.24) is 19.7 Å². The second-order valence-corrected chi connectivity index (χ2v) is 10.2. The van der Waals surface area contributed by atoms with E-state index in [1.807, 2.05) is 26.8 Å². The molecule has 1 saturated carbocycles. The number of benzene rings is 1. The van der Waals surface area contributed by atoms with Crippen LogP contribution in [0.4, 0.5) is 24.8 Å². The Morgan fingerprint density at radius 2 is 2.00 bits per heavy atom. The highest BCUT2D eigenvalue weighted by Crippen LogP contribution is 2.46. The zero-order chi connectivity index (χ0) is 26.3. The summed E-state index contributed by atoms with van der Waals surface area (Å²) in [6.45, 7) is 5.80. The molecule has 0 amide bonds. The van der Waals surface area contributed by atoms with E-state index in [0.717, 1.165) is 29.0 Å². The van der Waals surface area contributed by atoms with Gasteiger partial charge in [0.25, 0.3) is 0 Å². The first-order valence-corrected chi connectivity index (χ1v) is 11.5. The van der Waals surface area contributed by atoms with Gasteiger partial charge in [-0.25, -0.2) is 9.97 Å². The topological polar surface area (TPSA) is 113 Å². The third-order valence-corrected chi connectivity index (χ3v) is 6.63. The number of aliphatic hydroxyl groups is 1. The fourth-order valence-corrected chi connectivity index (χ4v) is 5.08. The van der Waals surface area contributed by atoms with E-state index in [4.69, 9.17) is 0 Å². The number of alkyl halides is 3. The highest BCUT2D eigenvalue weighted by atomic mass is 19.4. The van der Waals surface area contributed by atoms with Gasteiger partial charge in [0, 0.05) is 23.6 Å². The summed E-state index contributed by atoms with van der Waals surface area (Å²) in [6.07, 6.45) is 0.994. The lowest BCUT2D eigenvalue weighted by Crippen LogP contribution is -2.48. The number of hydrogen-bond acceptors (Lipinski definition) is 6. The normalized spacial score (nSPS) is 21.8. The molecule has 2 aromatic heterocycles. The molecular formula is C25H28F3N5O3. The van der Waals surface area contributed by atoms with Crippen molar-refractivity contribution < 1.29 is 28.2 Å². The van der Waals surface area contributed by atoms with Crippen LogP contribution < -0.4 is 5.32 Å². The molecule has 3 aromatic rings. The van der Waals surface area contributed by atoms with Crippen LogP contribution in [0.25, 0.3) is 11.1 Å². The van der Waals surface area contributed by atoms with Crippen LogP contribution in [0.3, 0.4) is 0 Å². The Labute approximate surface area is 206 Å². The number of anilines is 2. The van der Waals surface area contributed by atoms with Crippen LogP contribution in [0.2, 0.25) is 0 Å². The first-order valence-electron chi connectivity index (χ1n) is 11.5. The first-order chi connectivity index (χ1) is 16.7. The third-order valence-electron chi connectivity index (χ3n) is 6.63. The van der Waals surface area contributed by atoms with Gasteiger partial charge in [0.2, 0.25) is 5.95 Å². The van der Waals surface area contributed by atoms with Gasteiger partial charge in [-0.2, -0.15) is 18.3 Å². The van der Waals surface area contributed by atoms with Gasteiger partial charge in [-0.15, -0.1) is 0 Å². The van der Waals surface area contributed by atoms with Gasteiger partial charge in [0.15, 0.2) is 0 Å². The van der Waals surface area contributed by atoms with Gasteiger partial charge in [-0.3, -0.25) is 9.48 Å². The van der Waals surface area contributed by atoms with E-state index in [2.05, 4.69) is 20.4 Å². The quantitative estimate of drug-likeness (QED) is 0.431. The van der Waals surface area contributed by atoms with Gasteiger partial charge in [0.1, 0.15) is 5.69 Å². The maximum atomic E-state index is 13.0. The molecule has 0 saturated heterocycles. The summed E-state index contributed by atoms with van der Waals surface area (Å²) in [5.41, 5.74) is 0.238. The number of carboxylic acid groups (broad SMARTS) is 1. The Balaban J connectivity index is 1.52. The molecule has 192 valence electrons. The summed E-state index contributed by atoms with van der Waals surface area (Å²) in [6, 6.07) is 6.25. The van der Waals surface area contributed by atoms with E-state index in [1.54, 1.807) is 29.2 Å². The zero-order valence-electron chi connectivity index (χ0n) is 20.2. The third kappa shape index (κ3) is 5.67. The van der Waals surface area contributed by atoms with Crippen LogP contribution in [0, 0.1) is 18.3 Å². The zero-order valence-corrected chi connectivity index (χ0v) is 20.2. The van der Waals surface area contributed by atoms with E-state index in [9.17, 15) is 28.2 Å². The molecule has 4 rings (SSSR count). The first kappa shape index (κ1) is 25.6. The predicted molar refractivity (Wildman–Crippen MR) is 126 cm³/mol. The number of carbonyl (C=O) groups is 1. The van der Waals surface area contributed by atoms with Crippen LogP contribution in [0.1, 0.15) is 44.4 Å². The number of nitrogens with one attached hydrogen (secondary N) is 1. The molecule has 1 aliphatic carbocycles. The molecule has 2 unspecified atom stereocenters. The van der Waals surface area contributed by atoms with Crippen LogP contribution >= 0.6 is 0 Å². The number of halogens is 3. The summed E-state index contributed by atoms with van der Waals surface area (Å²) in [4.78, 5) is 19.0.